The zero-order valence-corrected chi connectivity index (χ0v) is 13.6. The maximum atomic E-state index is 11.3. The number of hydrogen-bond acceptors (Lipinski definition) is 3. The highest BCUT2D eigenvalue weighted by atomic mass is 16.5. The molecule has 0 spiro atoms. The largest absolute Gasteiger partial charge is 0.478 e. The van der Waals surface area contributed by atoms with Crippen LogP contribution in [0.1, 0.15) is 34.3 Å². The number of aromatic carboxylic acids is 1. The molecule has 0 aliphatic carbocycles. The number of fused-ring (bicyclic) bond motifs is 2. The Morgan fingerprint density at radius 3 is 2.50 bits per heavy atom. The SMILES string of the molecule is CN1CCC(=C2c3ccccc3Oc3cc(C(=O)O)ccc32)CC1. The first-order chi connectivity index (χ1) is 11.6. The van der Waals surface area contributed by atoms with E-state index in [1.807, 2.05) is 24.3 Å². The summed E-state index contributed by atoms with van der Waals surface area (Å²) in [6.45, 7) is 2.09. The number of benzene rings is 2. The molecule has 0 radical (unpaired) electrons. The fraction of sp³-hybridized carbons (Fsp3) is 0.250. The molecule has 1 saturated heterocycles. The van der Waals surface area contributed by atoms with Crippen LogP contribution in [0.15, 0.2) is 48.0 Å². The van der Waals surface area contributed by atoms with E-state index in [9.17, 15) is 9.90 Å². The number of para-hydroxylation sites is 1. The van der Waals surface area contributed by atoms with E-state index in [0.29, 0.717) is 5.75 Å². The highest BCUT2D eigenvalue weighted by molar-refractivity contribution is 5.93. The molecule has 0 saturated carbocycles. The third kappa shape index (κ3) is 2.49. The molecular formula is C20H19NO3. The van der Waals surface area contributed by atoms with Gasteiger partial charge in [-0.3, -0.25) is 0 Å². The Morgan fingerprint density at radius 1 is 1.04 bits per heavy atom. The first-order valence-corrected chi connectivity index (χ1v) is 8.19. The Morgan fingerprint density at radius 2 is 1.75 bits per heavy atom. The second-order valence-corrected chi connectivity index (χ2v) is 6.40. The first kappa shape index (κ1) is 15.0. The molecule has 122 valence electrons. The molecule has 24 heavy (non-hydrogen) atoms. The first-order valence-electron chi connectivity index (χ1n) is 8.19. The number of carboxylic acid groups (broad SMARTS) is 1. The lowest BCUT2D eigenvalue weighted by Crippen LogP contribution is -2.27. The smallest absolute Gasteiger partial charge is 0.335 e. The summed E-state index contributed by atoms with van der Waals surface area (Å²) in [7, 11) is 2.15. The van der Waals surface area contributed by atoms with E-state index in [2.05, 4.69) is 18.0 Å². The summed E-state index contributed by atoms with van der Waals surface area (Å²) in [4.78, 5) is 13.6. The summed E-state index contributed by atoms with van der Waals surface area (Å²) in [6.07, 6.45) is 2.06. The second-order valence-electron chi connectivity index (χ2n) is 6.40. The Labute approximate surface area is 141 Å². The highest BCUT2D eigenvalue weighted by Crippen LogP contribution is 2.46. The standard InChI is InChI=1S/C20H19NO3/c1-21-10-8-13(9-11-21)19-15-4-2-3-5-17(15)24-18-12-14(20(22)23)6-7-16(18)19/h2-7,12H,8-11H2,1H3,(H,22,23). The van der Waals surface area contributed by atoms with Gasteiger partial charge in [0.15, 0.2) is 0 Å². The third-order valence-electron chi connectivity index (χ3n) is 4.82. The lowest BCUT2D eigenvalue weighted by molar-refractivity contribution is 0.0696. The Hall–Kier alpha value is -2.59. The molecule has 2 aromatic carbocycles. The van der Waals surface area contributed by atoms with Crippen molar-refractivity contribution in [1.29, 1.82) is 0 Å². The van der Waals surface area contributed by atoms with E-state index in [1.54, 1.807) is 12.1 Å². The van der Waals surface area contributed by atoms with Crippen molar-refractivity contribution < 1.29 is 14.6 Å². The van der Waals surface area contributed by atoms with E-state index in [1.165, 1.54) is 11.1 Å². The Kier molecular flexibility index (Phi) is 3.62. The van der Waals surface area contributed by atoms with Crippen molar-refractivity contribution in [3.05, 3.63) is 64.7 Å². The predicted octanol–water partition coefficient (Wildman–Crippen LogP) is 4.02. The van der Waals surface area contributed by atoms with Crippen LogP contribution in [0.25, 0.3) is 5.57 Å². The fourth-order valence-electron chi connectivity index (χ4n) is 3.49. The van der Waals surface area contributed by atoms with Gasteiger partial charge >= 0.3 is 5.97 Å². The molecule has 2 aliphatic rings. The van der Waals surface area contributed by atoms with Crippen molar-refractivity contribution in [3.63, 3.8) is 0 Å². The van der Waals surface area contributed by atoms with E-state index < -0.39 is 5.97 Å². The summed E-state index contributed by atoms with van der Waals surface area (Å²) in [6, 6.07) is 13.2. The van der Waals surface area contributed by atoms with Crippen LogP contribution in [-0.4, -0.2) is 36.1 Å². The molecule has 2 heterocycles. The van der Waals surface area contributed by atoms with Gasteiger partial charge in [-0.1, -0.05) is 23.8 Å². The average Bonchev–Trinajstić information content (AvgIpc) is 2.60. The quantitative estimate of drug-likeness (QED) is 0.735. The minimum atomic E-state index is -0.936. The minimum Gasteiger partial charge on any atom is -0.478 e. The van der Waals surface area contributed by atoms with Crippen molar-refractivity contribution in [2.75, 3.05) is 20.1 Å². The number of carbonyl (C=O) groups is 1. The molecule has 2 aliphatic heterocycles. The van der Waals surface area contributed by atoms with Crippen LogP contribution < -0.4 is 4.74 Å². The number of rotatable bonds is 1. The average molecular weight is 321 g/mol. The number of hydrogen-bond donors (Lipinski definition) is 1. The molecule has 0 amide bonds. The van der Waals surface area contributed by atoms with Gasteiger partial charge in [0, 0.05) is 24.2 Å². The topological polar surface area (TPSA) is 49.8 Å². The monoisotopic (exact) mass is 321 g/mol. The van der Waals surface area contributed by atoms with E-state index >= 15 is 0 Å². The maximum Gasteiger partial charge on any atom is 0.335 e. The highest BCUT2D eigenvalue weighted by Gasteiger charge is 2.26. The van der Waals surface area contributed by atoms with Crippen LogP contribution in [0.4, 0.5) is 0 Å². The molecule has 0 atom stereocenters. The molecule has 0 unspecified atom stereocenters. The van der Waals surface area contributed by atoms with Crippen LogP contribution in [0, 0.1) is 0 Å². The molecule has 0 aromatic heterocycles. The van der Waals surface area contributed by atoms with E-state index in [0.717, 1.165) is 42.8 Å². The zero-order chi connectivity index (χ0) is 16.7. The summed E-state index contributed by atoms with van der Waals surface area (Å²) in [5, 5.41) is 9.25. The maximum absolute atomic E-state index is 11.3. The van der Waals surface area contributed by atoms with Crippen molar-refractivity contribution in [2.45, 2.75) is 12.8 Å². The normalized spacial score (nSPS) is 17.0. The number of ether oxygens (including phenoxy) is 1. The molecule has 1 N–H and O–H groups in total. The van der Waals surface area contributed by atoms with Gasteiger partial charge in [-0.2, -0.15) is 0 Å². The van der Waals surface area contributed by atoms with Crippen LogP contribution in [0.5, 0.6) is 11.5 Å². The van der Waals surface area contributed by atoms with E-state index in [-0.39, 0.29) is 5.56 Å². The minimum absolute atomic E-state index is 0.251. The Bertz CT molecular complexity index is 844. The molecule has 4 heteroatoms. The molecule has 4 nitrogen and oxygen atoms in total. The van der Waals surface area contributed by atoms with Crippen molar-refractivity contribution in [3.8, 4) is 11.5 Å². The van der Waals surface area contributed by atoms with Crippen molar-refractivity contribution in [2.24, 2.45) is 0 Å². The van der Waals surface area contributed by atoms with Gasteiger partial charge in [0.1, 0.15) is 11.5 Å². The molecule has 2 aromatic rings. The molecule has 1 fully saturated rings. The third-order valence-corrected chi connectivity index (χ3v) is 4.82. The van der Waals surface area contributed by atoms with Gasteiger partial charge in [-0.25, -0.2) is 4.79 Å². The van der Waals surface area contributed by atoms with Crippen LogP contribution in [0.2, 0.25) is 0 Å². The lowest BCUT2D eigenvalue weighted by atomic mass is 9.86. The van der Waals surface area contributed by atoms with Gasteiger partial charge in [0.2, 0.25) is 0 Å². The number of nitrogens with zero attached hydrogens (tertiary/aromatic N) is 1. The van der Waals surface area contributed by atoms with Crippen LogP contribution in [0.3, 0.4) is 0 Å². The number of likely N-dealkylation sites (tertiary alicyclic amines) is 1. The van der Waals surface area contributed by atoms with Gasteiger partial charge in [-0.15, -0.1) is 0 Å². The summed E-state index contributed by atoms with van der Waals surface area (Å²) in [5.74, 6) is 0.498. The molecule has 4 rings (SSSR count). The lowest BCUT2D eigenvalue weighted by Gasteiger charge is -2.30. The van der Waals surface area contributed by atoms with Crippen LogP contribution in [-0.2, 0) is 0 Å². The second kappa shape index (κ2) is 5.80. The van der Waals surface area contributed by atoms with Crippen molar-refractivity contribution >= 4 is 11.5 Å². The van der Waals surface area contributed by atoms with Crippen LogP contribution >= 0.6 is 0 Å². The summed E-state index contributed by atoms with van der Waals surface area (Å²) in [5.41, 5.74) is 5.00. The fourth-order valence-corrected chi connectivity index (χ4v) is 3.49. The van der Waals surface area contributed by atoms with Gasteiger partial charge in [-0.05, 0) is 49.7 Å². The Balaban J connectivity index is 1.90. The molecule has 0 bridgehead atoms. The van der Waals surface area contributed by atoms with Gasteiger partial charge < -0.3 is 14.7 Å². The van der Waals surface area contributed by atoms with Crippen molar-refractivity contribution in [1.82, 2.24) is 4.90 Å². The van der Waals surface area contributed by atoms with Gasteiger partial charge in [0.05, 0.1) is 5.56 Å². The van der Waals surface area contributed by atoms with E-state index in [4.69, 9.17) is 4.74 Å². The number of piperidine rings is 1. The zero-order valence-electron chi connectivity index (χ0n) is 13.6. The predicted molar refractivity (Wildman–Crippen MR) is 92.7 cm³/mol. The molecular weight excluding hydrogens is 302 g/mol. The van der Waals surface area contributed by atoms with Gasteiger partial charge in [0.25, 0.3) is 0 Å². The number of carboxylic acids is 1. The summed E-state index contributed by atoms with van der Waals surface area (Å²) < 4.78 is 6.00. The summed E-state index contributed by atoms with van der Waals surface area (Å²) >= 11 is 0.